The summed E-state index contributed by atoms with van der Waals surface area (Å²) < 4.78 is 13.5. The summed E-state index contributed by atoms with van der Waals surface area (Å²) in [5.41, 5.74) is 1.86. The van der Waals surface area contributed by atoms with Gasteiger partial charge in [0.15, 0.2) is 11.5 Å². The number of hydrogen-bond acceptors (Lipinski definition) is 4. The van der Waals surface area contributed by atoms with Gasteiger partial charge in [-0.1, -0.05) is 24.3 Å². The molecule has 1 N–H and O–H groups in total. The van der Waals surface area contributed by atoms with E-state index in [4.69, 9.17) is 9.47 Å². The molecule has 27 heavy (non-hydrogen) atoms. The molecule has 3 aromatic rings. The first-order valence-electron chi connectivity index (χ1n) is 8.90. The third-order valence-electron chi connectivity index (χ3n) is 4.74. The molecule has 0 saturated carbocycles. The van der Waals surface area contributed by atoms with Gasteiger partial charge in [0.2, 0.25) is 6.10 Å². The second-order valence-electron chi connectivity index (χ2n) is 6.53. The highest BCUT2D eigenvalue weighted by atomic mass is 16.6. The molecule has 0 bridgehead atoms. The molecule has 0 spiro atoms. The van der Waals surface area contributed by atoms with E-state index in [1.54, 1.807) is 12.3 Å². The van der Waals surface area contributed by atoms with Gasteiger partial charge in [0.25, 0.3) is 5.91 Å². The standard InChI is InChI=1S/C21H21N3O3/c1-14(24-12-11-22-15(24)2)16-7-9-17(10-8-16)23-21(25)20-13-26-18-5-3-4-6-19(18)27-20/h3-12,14,20H,13H2,1-2H3,(H,23,25)/t14-,20+/m0/s1. The van der Waals surface area contributed by atoms with Crippen molar-refractivity contribution < 1.29 is 14.3 Å². The molecular formula is C21H21N3O3. The number of imidazole rings is 1. The Kier molecular flexibility index (Phi) is 4.54. The molecule has 1 amide bonds. The first-order chi connectivity index (χ1) is 13.1. The lowest BCUT2D eigenvalue weighted by Crippen LogP contribution is -2.40. The number of nitrogens with zero attached hydrogens (tertiary/aromatic N) is 2. The van der Waals surface area contributed by atoms with Gasteiger partial charge in [-0.05, 0) is 43.7 Å². The normalized spacial score (nSPS) is 16.6. The highest BCUT2D eigenvalue weighted by Gasteiger charge is 2.27. The van der Waals surface area contributed by atoms with Crippen LogP contribution in [0.1, 0.15) is 24.4 Å². The van der Waals surface area contributed by atoms with Crippen molar-refractivity contribution in [1.82, 2.24) is 9.55 Å². The summed E-state index contributed by atoms with van der Waals surface area (Å²) in [6, 6.07) is 15.3. The molecule has 2 heterocycles. The van der Waals surface area contributed by atoms with Gasteiger partial charge in [-0.15, -0.1) is 0 Å². The minimum absolute atomic E-state index is 0.170. The van der Waals surface area contributed by atoms with E-state index in [1.807, 2.05) is 55.6 Å². The zero-order valence-corrected chi connectivity index (χ0v) is 15.3. The third-order valence-corrected chi connectivity index (χ3v) is 4.74. The Labute approximate surface area is 157 Å². The minimum Gasteiger partial charge on any atom is -0.485 e. The molecular weight excluding hydrogens is 342 g/mol. The molecule has 1 aliphatic heterocycles. The van der Waals surface area contributed by atoms with Crippen LogP contribution in [0.2, 0.25) is 0 Å². The molecule has 4 rings (SSSR count). The summed E-state index contributed by atoms with van der Waals surface area (Å²) in [4.78, 5) is 16.8. The van der Waals surface area contributed by atoms with Crippen molar-refractivity contribution in [3.8, 4) is 11.5 Å². The monoisotopic (exact) mass is 363 g/mol. The summed E-state index contributed by atoms with van der Waals surface area (Å²) in [5, 5.41) is 2.89. The molecule has 0 radical (unpaired) electrons. The van der Waals surface area contributed by atoms with E-state index in [-0.39, 0.29) is 18.6 Å². The van der Waals surface area contributed by atoms with E-state index >= 15 is 0 Å². The van der Waals surface area contributed by atoms with Crippen LogP contribution in [0.5, 0.6) is 11.5 Å². The van der Waals surface area contributed by atoms with Gasteiger partial charge in [-0.2, -0.15) is 0 Å². The highest BCUT2D eigenvalue weighted by Crippen LogP contribution is 2.31. The van der Waals surface area contributed by atoms with Crippen molar-refractivity contribution in [2.75, 3.05) is 11.9 Å². The Morgan fingerprint density at radius 1 is 1.19 bits per heavy atom. The number of para-hydroxylation sites is 2. The van der Waals surface area contributed by atoms with E-state index in [1.165, 1.54) is 0 Å². The molecule has 0 fully saturated rings. The summed E-state index contributed by atoms with van der Waals surface area (Å²) >= 11 is 0. The van der Waals surface area contributed by atoms with Crippen molar-refractivity contribution in [2.24, 2.45) is 0 Å². The van der Waals surface area contributed by atoms with Crippen LogP contribution in [0.25, 0.3) is 0 Å². The van der Waals surface area contributed by atoms with Crippen LogP contribution in [-0.2, 0) is 4.79 Å². The quantitative estimate of drug-likeness (QED) is 0.769. The summed E-state index contributed by atoms with van der Waals surface area (Å²) in [5.74, 6) is 1.99. The van der Waals surface area contributed by atoms with Crippen LogP contribution >= 0.6 is 0 Å². The van der Waals surface area contributed by atoms with Crippen molar-refractivity contribution in [3.63, 3.8) is 0 Å². The predicted octanol–water partition coefficient (Wildman–Crippen LogP) is 3.58. The van der Waals surface area contributed by atoms with Gasteiger partial charge in [0, 0.05) is 18.1 Å². The topological polar surface area (TPSA) is 65.4 Å². The molecule has 0 saturated heterocycles. The molecule has 2 atom stereocenters. The predicted molar refractivity (Wildman–Crippen MR) is 102 cm³/mol. The number of fused-ring (bicyclic) bond motifs is 1. The maximum Gasteiger partial charge on any atom is 0.269 e. The summed E-state index contributed by atoms with van der Waals surface area (Å²) in [6.07, 6.45) is 3.09. The summed E-state index contributed by atoms with van der Waals surface area (Å²) in [7, 11) is 0. The van der Waals surface area contributed by atoms with Gasteiger partial charge in [-0.25, -0.2) is 4.98 Å². The number of rotatable bonds is 4. The van der Waals surface area contributed by atoms with Gasteiger partial charge >= 0.3 is 0 Å². The maximum absolute atomic E-state index is 12.5. The van der Waals surface area contributed by atoms with Crippen LogP contribution in [0.15, 0.2) is 60.9 Å². The Morgan fingerprint density at radius 2 is 1.93 bits per heavy atom. The number of amides is 1. The average molecular weight is 363 g/mol. The van der Waals surface area contributed by atoms with E-state index in [0.29, 0.717) is 11.5 Å². The molecule has 138 valence electrons. The molecule has 2 aromatic carbocycles. The second kappa shape index (κ2) is 7.15. The highest BCUT2D eigenvalue weighted by molar-refractivity contribution is 5.94. The van der Waals surface area contributed by atoms with E-state index < -0.39 is 6.10 Å². The number of carbonyl (C=O) groups excluding carboxylic acids is 1. The molecule has 0 unspecified atom stereocenters. The van der Waals surface area contributed by atoms with Crippen molar-refractivity contribution >= 4 is 11.6 Å². The number of nitrogens with one attached hydrogen (secondary N) is 1. The number of anilines is 1. The molecule has 6 heteroatoms. The Balaban J connectivity index is 1.41. The fourth-order valence-corrected chi connectivity index (χ4v) is 3.17. The first-order valence-corrected chi connectivity index (χ1v) is 8.90. The number of aromatic nitrogens is 2. The number of hydrogen-bond donors (Lipinski definition) is 1. The smallest absolute Gasteiger partial charge is 0.269 e. The fourth-order valence-electron chi connectivity index (χ4n) is 3.17. The Bertz CT molecular complexity index is 949. The number of carbonyl (C=O) groups is 1. The van der Waals surface area contributed by atoms with Gasteiger partial charge in [0.05, 0.1) is 6.04 Å². The van der Waals surface area contributed by atoms with E-state index in [0.717, 1.165) is 17.1 Å². The SMILES string of the molecule is Cc1nccn1[C@@H](C)c1ccc(NC(=O)[C@H]2COc3ccccc3O2)cc1. The molecule has 1 aliphatic rings. The van der Waals surface area contributed by atoms with Crippen molar-refractivity contribution in [1.29, 1.82) is 0 Å². The Hall–Kier alpha value is -3.28. The molecule has 0 aliphatic carbocycles. The van der Waals surface area contributed by atoms with Crippen molar-refractivity contribution in [2.45, 2.75) is 26.0 Å². The number of benzene rings is 2. The summed E-state index contributed by atoms with van der Waals surface area (Å²) in [6.45, 7) is 4.29. The van der Waals surface area contributed by atoms with Gasteiger partial charge in [0.1, 0.15) is 12.4 Å². The van der Waals surface area contributed by atoms with Gasteiger partial charge in [-0.3, -0.25) is 4.79 Å². The average Bonchev–Trinajstić information content (AvgIpc) is 3.13. The van der Waals surface area contributed by atoms with Gasteiger partial charge < -0.3 is 19.4 Å². The first kappa shape index (κ1) is 17.1. The lowest BCUT2D eigenvalue weighted by atomic mass is 10.1. The van der Waals surface area contributed by atoms with E-state index in [2.05, 4.69) is 21.8 Å². The van der Waals surface area contributed by atoms with E-state index in [9.17, 15) is 4.79 Å². The fraction of sp³-hybridized carbons (Fsp3) is 0.238. The zero-order chi connectivity index (χ0) is 18.8. The van der Waals surface area contributed by atoms with Crippen molar-refractivity contribution in [3.05, 3.63) is 72.3 Å². The van der Waals surface area contributed by atoms with Crippen LogP contribution in [0.4, 0.5) is 5.69 Å². The number of ether oxygens (including phenoxy) is 2. The Morgan fingerprint density at radius 3 is 2.63 bits per heavy atom. The number of aryl methyl sites for hydroxylation is 1. The zero-order valence-electron chi connectivity index (χ0n) is 15.3. The largest absolute Gasteiger partial charge is 0.485 e. The lowest BCUT2D eigenvalue weighted by Gasteiger charge is -2.25. The molecule has 6 nitrogen and oxygen atoms in total. The maximum atomic E-state index is 12.5. The molecule has 1 aromatic heterocycles. The second-order valence-corrected chi connectivity index (χ2v) is 6.53. The van der Waals surface area contributed by atoms with Crippen LogP contribution in [-0.4, -0.2) is 28.2 Å². The van der Waals surface area contributed by atoms with Crippen LogP contribution < -0.4 is 14.8 Å². The lowest BCUT2D eigenvalue weighted by molar-refractivity contribution is -0.125. The minimum atomic E-state index is -0.674. The van der Waals surface area contributed by atoms with Crippen LogP contribution in [0, 0.1) is 6.92 Å². The third kappa shape index (κ3) is 3.51. The van der Waals surface area contributed by atoms with Crippen LogP contribution in [0.3, 0.4) is 0 Å².